The summed E-state index contributed by atoms with van der Waals surface area (Å²) in [7, 11) is 0. The van der Waals surface area contributed by atoms with E-state index in [1.54, 1.807) is 6.07 Å². The van der Waals surface area contributed by atoms with Crippen LogP contribution in [0.15, 0.2) is 46.9 Å². The Morgan fingerprint density at radius 1 is 1.26 bits per heavy atom. The van der Waals surface area contributed by atoms with Crippen LogP contribution in [0, 0.1) is 12.7 Å². The largest absolute Gasteiger partial charge is 0.271 e. The minimum absolute atomic E-state index is 0.108. The number of hydrazine groups is 1. The Labute approximate surface area is 120 Å². The lowest BCUT2D eigenvalue weighted by atomic mass is 9.96. The molecule has 0 saturated heterocycles. The summed E-state index contributed by atoms with van der Waals surface area (Å²) in [4.78, 5) is 0. The molecule has 1 unspecified atom stereocenters. The number of halogens is 2. The maximum Gasteiger partial charge on any atom is 0.137 e. The van der Waals surface area contributed by atoms with E-state index >= 15 is 0 Å². The first-order valence-corrected chi connectivity index (χ1v) is 6.86. The molecule has 0 amide bonds. The lowest BCUT2D eigenvalue weighted by molar-refractivity contribution is 0.542. The standard InChI is InChI=1S/C15H16BrFN2/c1-10-4-2-3-5-11(10)9-15(19-18)12-6-7-13(16)14(17)8-12/h2-8,15,19H,9,18H2,1H3. The number of hydrogen-bond donors (Lipinski definition) is 2. The minimum atomic E-state index is -0.275. The van der Waals surface area contributed by atoms with Gasteiger partial charge in [-0.15, -0.1) is 0 Å². The van der Waals surface area contributed by atoms with Gasteiger partial charge in [0.15, 0.2) is 0 Å². The van der Waals surface area contributed by atoms with Crippen LogP contribution in [-0.2, 0) is 6.42 Å². The third-order valence-corrected chi connectivity index (χ3v) is 3.88. The summed E-state index contributed by atoms with van der Waals surface area (Å²) >= 11 is 3.15. The molecular formula is C15H16BrFN2. The maximum atomic E-state index is 13.6. The van der Waals surface area contributed by atoms with Crippen LogP contribution in [0.1, 0.15) is 22.7 Å². The van der Waals surface area contributed by atoms with Crippen molar-refractivity contribution in [3.05, 3.63) is 69.4 Å². The molecule has 0 fully saturated rings. The zero-order chi connectivity index (χ0) is 13.8. The second-order valence-electron chi connectivity index (χ2n) is 4.52. The Hall–Kier alpha value is -1.23. The first-order valence-electron chi connectivity index (χ1n) is 6.07. The average Bonchev–Trinajstić information content (AvgIpc) is 2.41. The van der Waals surface area contributed by atoms with Gasteiger partial charge in [0.2, 0.25) is 0 Å². The van der Waals surface area contributed by atoms with Gasteiger partial charge in [0.05, 0.1) is 10.5 Å². The molecule has 0 radical (unpaired) electrons. The van der Waals surface area contributed by atoms with E-state index in [1.807, 2.05) is 18.2 Å². The number of hydrogen-bond acceptors (Lipinski definition) is 2. The van der Waals surface area contributed by atoms with Crippen molar-refractivity contribution in [2.24, 2.45) is 5.84 Å². The highest BCUT2D eigenvalue weighted by Crippen LogP contribution is 2.23. The summed E-state index contributed by atoms with van der Waals surface area (Å²) in [6, 6.07) is 13.1. The molecule has 19 heavy (non-hydrogen) atoms. The normalized spacial score (nSPS) is 12.4. The second-order valence-corrected chi connectivity index (χ2v) is 5.38. The van der Waals surface area contributed by atoms with Gasteiger partial charge >= 0.3 is 0 Å². The second kappa shape index (κ2) is 6.28. The fourth-order valence-electron chi connectivity index (χ4n) is 2.06. The molecule has 0 spiro atoms. The summed E-state index contributed by atoms with van der Waals surface area (Å²) in [5.74, 6) is 5.33. The summed E-state index contributed by atoms with van der Waals surface area (Å²) in [5, 5.41) is 0. The number of nitrogens with one attached hydrogen (secondary N) is 1. The van der Waals surface area contributed by atoms with Gasteiger partial charge in [0.25, 0.3) is 0 Å². The molecule has 4 heteroatoms. The van der Waals surface area contributed by atoms with Gasteiger partial charge in [-0.05, 0) is 58.1 Å². The van der Waals surface area contributed by atoms with E-state index in [0.29, 0.717) is 4.47 Å². The van der Waals surface area contributed by atoms with E-state index in [0.717, 1.165) is 12.0 Å². The van der Waals surface area contributed by atoms with Crippen LogP contribution in [0.4, 0.5) is 4.39 Å². The lowest BCUT2D eigenvalue weighted by Gasteiger charge is -2.18. The van der Waals surface area contributed by atoms with E-state index in [4.69, 9.17) is 5.84 Å². The van der Waals surface area contributed by atoms with Gasteiger partial charge < -0.3 is 0 Å². The van der Waals surface area contributed by atoms with Crippen molar-refractivity contribution in [1.29, 1.82) is 0 Å². The summed E-state index contributed by atoms with van der Waals surface area (Å²) in [5.41, 5.74) is 6.01. The molecule has 2 aromatic rings. The molecule has 2 rings (SSSR count). The van der Waals surface area contributed by atoms with Crippen molar-refractivity contribution < 1.29 is 4.39 Å². The Balaban J connectivity index is 2.25. The number of benzene rings is 2. The first kappa shape index (κ1) is 14.2. The highest BCUT2D eigenvalue weighted by Gasteiger charge is 2.13. The highest BCUT2D eigenvalue weighted by molar-refractivity contribution is 9.10. The van der Waals surface area contributed by atoms with E-state index in [1.165, 1.54) is 17.2 Å². The van der Waals surface area contributed by atoms with Crippen LogP contribution in [0.3, 0.4) is 0 Å². The maximum absolute atomic E-state index is 13.6. The fourth-order valence-corrected chi connectivity index (χ4v) is 2.31. The highest BCUT2D eigenvalue weighted by atomic mass is 79.9. The Morgan fingerprint density at radius 2 is 2.00 bits per heavy atom. The first-order chi connectivity index (χ1) is 9.11. The third kappa shape index (κ3) is 3.41. The van der Waals surface area contributed by atoms with Crippen molar-refractivity contribution in [2.75, 3.05) is 0 Å². The molecule has 0 aromatic heterocycles. The van der Waals surface area contributed by atoms with E-state index in [-0.39, 0.29) is 11.9 Å². The third-order valence-electron chi connectivity index (χ3n) is 3.23. The van der Waals surface area contributed by atoms with Crippen LogP contribution < -0.4 is 11.3 Å². The van der Waals surface area contributed by atoms with Crippen LogP contribution in [0.25, 0.3) is 0 Å². The quantitative estimate of drug-likeness (QED) is 0.666. The van der Waals surface area contributed by atoms with Crippen LogP contribution in [0.2, 0.25) is 0 Å². The Kier molecular flexibility index (Phi) is 4.69. The molecule has 0 heterocycles. The molecule has 1 atom stereocenters. The molecule has 0 aliphatic heterocycles. The Bertz CT molecular complexity index is 572. The molecular weight excluding hydrogens is 307 g/mol. The number of nitrogens with two attached hydrogens (primary N) is 1. The molecule has 0 saturated carbocycles. The van der Waals surface area contributed by atoms with E-state index in [9.17, 15) is 4.39 Å². The zero-order valence-corrected chi connectivity index (χ0v) is 12.2. The van der Waals surface area contributed by atoms with Crippen molar-refractivity contribution >= 4 is 15.9 Å². The van der Waals surface area contributed by atoms with E-state index in [2.05, 4.69) is 40.4 Å². The summed E-state index contributed by atoms with van der Waals surface area (Å²) in [6.45, 7) is 2.06. The van der Waals surface area contributed by atoms with Crippen LogP contribution >= 0.6 is 15.9 Å². The van der Waals surface area contributed by atoms with E-state index < -0.39 is 0 Å². The van der Waals surface area contributed by atoms with Crippen molar-refractivity contribution in [3.63, 3.8) is 0 Å². The summed E-state index contributed by atoms with van der Waals surface area (Å²) in [6.07, 6.45) is 0.726. The zero-order valence-electron chi connectivity index (χ0n) is 10.7. The smallest absolute Gasteiger partial charge is 0.137 e. The molecule has 0 aliphatic carbocycles. The predicted octanol–water partition coefficient (Wildman–Crippen LogP) is 3.64. The SMILES string of the molecule is Cc1ccccc1CC(NN)c1ccc(Br)c(F)c1. The topological polar surface area (TPSA) is 38.0 Å². The number of aryl methyl sites for hydroxylation is 1. The monoisotopic (exact) mass is 322 g/mol. The van der Waals surface area contributed by atoms with Crippen LogP contribution in [-0.4, -0.2) is 0 Å². The predicted molar refractivity (Wildman–Crippen MR) is 79.0 cm³/mol. The number of rotatable bonds is 4. The van der Waals surface area contributed by atoms with Gasteiger partial charge in [-0.1, -0.05) is 30.3 Å². The molecule has 2 nitrogen and oxygen atoms in total. The van der Waals surface area contributed by atoms with Crippen molar-refractivity contribution in [2.45, 2.75) is 19.4 Å². The van der Waals surface area contributed by atoms with Gasteiger partial charge in [-0.3, -0.25) is 11.3 Å². The van der Waals surface area contributed by atoms with Crippen LogP contribution in [0.5, 0.6) is 0 Å². The van der Waals surface area contributed by atoms with Crippen molar-refractivity contribution in [1.82, 2.24) is 5.43 Å². The van der Waals surface area contributed by atoms with Gasteiger partial charge in [-0.25, -0.2) is 4.39 Å². The fraction of sp³-hybridized carbons (Fsp3) is 0.200. The molecule has 0 bridgehead atoms. The minimum Gasteiger partial charge on any atom is -0.271 e. The van der Waals surface area contributed by atoms with Gasteiger partial charge in [0.1, 0.15) is 5.82 Å². The molecule has 0 aliphatic rings. The molecule has 100 valence electrons. The van der Waals surface area contributed by atoms with Crippen molar-refractivity contribution in [3.8, 4) is 0 Å². The molecule has 2 aromatic carbocycles. The molecule has 3 N–H and O–H groups in total. The van der Waals surface area contributed by atoms with Gasteiger partial charge in [0, 0.05) is 0 Å². The summed E-state index contributed by atoms with van der Waals surface area (Å²) < 4.78 is 14.0. The average molecular weight is 323 g/mol. The van der Waals surface area contributed by atoms with Gasteiger partial charge in [-0.2, -0.15) is 0 Å². The Morgan fingerprint density at radius 3 is 2.63 bits per heavy atom. The lowest BCUT2D eigenvalue weighted by Crippen LogP contribution is -2.29.